The zero-order valence-corrected chi connectivity index (χ0v) is 23.9. The van der Waals surface area contributed by atoms with Crippen molar-refractivity contribution >= 4 is 34.9 Å². The summed E-state index contributed by atoms with van der Waals surface area (Å²) in [5.74, 6) is -1.11. The molecule has 0 fully saturated rings. The van der Waals surface area contributed by atoms with Crippen LogP contribution in [0.4, 0.5) is 11.4 Å². The molecule has 0 N–H and O–H groups in total. The highest BCUT2D eigenvalue weighted by Gasteiger charge is 2.15. The highest BCUT2D eigenvalue weighted by Crippen LogP contribution is 2.25. The van der Waals surface area contributed by atoms with Gasteiger partial charge in [0.15, 0.2) is 24.8 Å². The first-order chi connectivity index (χ1) is 22.1. The number of rotatable bonds is 15. The number of carbonyl (C=O) groups excluding carboxylic acids is 4. The SMILES string of the molecule is O=C(CCC(=O)OCC(=O)c1ccc(Oc2ccc([N+](=O)[O-])cc2)cc1)OCC(=O)c1ccc(Oc2ccc([N+](=O)[O-])cc2)cc1. The van der Waals surface area contributed by atoms with Crippen LogP contribution in [0.1, 0.15) is 33.6 Å². The van der Waals surface area contributed by atoms with Gasteiger partial charge in [0.05, 0.1) is 22.7 Å². The van der Waals surface area contributed by atoms with Crippen LogP contribution < -0.4 is 9.47 Å². The van der Waals surface area contributed by atoms with Crippen LogP contribution in [0, 0.1) is 20.2 Å². The smallest absolute Gasteiger partial charge is 0.306 e. The lowest BCUT2D eigenvalue weighted by atomic mass is 10.1. The van der Waals surface area contributed by atoms with E-state index in [1.54, 1.807) is 0 Å². The van der Waals surface area contributed by atoms with Crippen molar-refractivity contribution in [3.8, 4) is 23.0 Å². The van der Waals surface area contributed by atoms with Gasteiger partial charge >= 0.3 is 11.9 Å². The molecule has 4 aromatic carbocycles. The molecule has 234 valence electrons. The summed E-state index contributed by atoms with van der Waals surface area (Å²) in [7, 11) is 0. The van der Waals surface area contributed by atoms with Crippen molar-refractivity contribution in [1.82, 2.24) is 0 Å². The minimum Gasteiger partial charge on any atom is -0.457 e. The van der Waals surface area contributed by atoms with Crippen molar-refractivity contribution in [2.45, 2.75) is 12.8 Å². The van der Waals surface area contributed by atoms with E-state index < -0.39 is 46.6 Å². The van der Waals surface area contributed by atoms with Crippen molar-refractivity contribution in [3.05, 3.63) is 128 Å². The predicted octanol–water partition coefficient (Wildman–Crippen LogP) is 6.02. The van der Waals surface area contributed by atoms with Crippen LogP contribution in [-0.2, 0) is 19.1 Å². The molecule has 0 atom stereocenters. The van der Waals surface area contributed by atoms with Crippen LogP contribution in [0.15, 0.2) is 97.1 Å². The Hall–Kier alpha value is -6.44. The van der Waals surface area contributed by atoms with E-state index in [0.717, 1.165) is 0 Å². The van der Waals surface area contributed by atoms with Gasteiger partial charge in [-0.1, -0.05) is 0 Å². The molecule has 0 radical (unpaired) electrons. The number of hydrogen-bond acceptors (Lipinski definition) is 12. The summed E-state index contributed by atoms with van der Waals surface area (Å²) in [4.78, 5) is 69.2. The lowest BCUT2D eigenvalue weighted by Gasteiger charge is -2.08. The van der Waals surface area contributed by atoms with E-state index in [0.29, 0.717) is 23.0 Å². The quantitative estimate of drug-likeness (QED) is 0.0644. The first kappa shape index (κ1) is 32.5. The maximum absolute atomic E-state index is 12.4. The molecule has 0 saturated heterocycles. The van der Waals surface area contributed by atoms with Gasteiger partial charge in [-0.05, 0) is 72.8 Å². The number of ether oxygens (including phenoxy) is 4. The van der Waals surface area contributed by atoms with E-state index >= 15 is 0 Å². The summed E-state index contributed by atoms with van der Waals surface area (Å²) >= 11 is 0. The van der Waals surface area contributed by atoms with Crippen molar-refractivity contribution < 1.29 is 48.0 Å². The van der Waals surface area contributed by atoms with Crippen molar-refractivity contribution in [3.63, 3.8) is 0 Å². The van der Waals surface area contributed by atoms with Crippen LogP contribution in [0.3, 0.4) is 0 Å². The second-order valence-electron chi connectivity index (χ2n) is 9.42. The number of benzene rings is 4. The third kappa shape index (κ3) is 9.54. The zero-order chi connectivity index (χ0) is 33.1. The molecule has 0 heterocycles. The Bertz CT molecular complexity index is 1600. The lowest BCUT2D eigenvalue weighted by molar-refractivity contribution is -0.385. The van der Waals surface area contributed by atoms with Crippen LogP contribution in [-0.4, -0.2) is 46.6 Å². The van der Waals surface area contributed by atoms with Crippen molar-refractivity contribution in [2.75, 3.05) is 13.2 Å². The van der Waals surface area contributed by atoms with Crippen LogP contribution in [0.2, 0.25) is 0 Å². The number of nitro benzene ring substituents is 2. The molecule has 0 aromatic heterocycles. The third-order valence-corrected chi connectivity index (χ3v) is 6.18. The summed E-state index contributed by atoms with van der Waals surface area (Å²) in [6, 6.07) is 22.8. The molecule has 0 aliphatic heterocycles. The minimum absolute atomic E-state index is 0.0788. The summed E-state index contributed by atoms with van der Waals surface area (Å²) < 4.78 is 21.1. The average molecular weight is 629 g/mol. The molecule has 14 nitrogen and oxygen atoms in total. The monoisotopic (exact) mass is 628 g/mol. The molecule has 4 rings (SSSR count). The van der Waals surface area contributed by atoms with E-state index in [1.165, 1.54) is 97.1 Å². The number of ketones is 2. The summed E-state index contributed by atoms with van der Waals surface area (Å²) in [6.07, 6.45) is -0.728. The molecule has 0 bridgehead atoms. The van der Waals surface area contributed by atoms with Gasteiger partial charge in [-0.3, -0.25) is 39.4 Å². The summed E-state index contributed by atoms with van der Waals surface area (Å²) in [5.41, 5.74) is 0.329. The fourth-order valence-electron chi connectivity index (χ4n) is 3.77. The van der Waals surface area contributed by atoms with E-state index in [4.69, 9.17) is 18.9 Å². The Kier molecular flexibility index (Phi) is 10.8. The molecular weight excluding hydrogens is 604 g/mol. The van der Waals surface area contributed by atoms with Crippen molar-refractivity contribution in [2.24, 2.45) is 0 Å². The van der Waals surface area contributed by atoms with Gasteiger partial charge in [0.1, 0.15) is 23.0 Å². The van der Waals surface area contributed by atoms with Gasteiger partial charge in [0.2, 0.25) is 0 Å². The number of nitro groups is 2. The fraction of sp³-hybridized carbons (Fsp3) is 0.125. The fourth-order valence-corrected chi connectivity index (χ4v) is 3.77. The third-order valence-electron chi connectivity index (χ3n) is 6.18. The van der Waals surface area contributed by atoms with Crippen LogP contribution in [0.25, 0.3) is 0 Å². The first-order valence-corrected chi connectivity index (χ1v) is 13.5. The normalized spacial score (nSPS) is 10.3. The minimum atomic E-state index is -0.807. The Morgan fingerprint density at radius 3 is 1.04 bits per heavy atom. The number of esters is 2. The number of non-ortho nitro benzene ring substituents is 2. The van der Waals surface area contributed by atoms with E-state index in [1.807, 2.05) is 0 Å². The van der Waals surface area contributed by atoms with Gasteiger partial charge in [-0.25, -0.2) is 0 Å². The van der Waals surface area contributed by atoms with Gasteiger partial charge in [0.25, 0.3) is 11.4 Å². The summed E-state index contributed by atoms with van der Waals surface area (Å²) in [5, 5.41) is 21.5. The molecule has 0 amide bonds. The van der Waals surface area contributed by atoms with Crippen molar-refractivity contribution in [1.29, 1.82) is 0 Å². The largest absolute Gasteiger partial charge is 0.457 e. The molecule has 4 aromatic rings. The van der Waals surface area contributed by atoms with Gasteiger partial charge in [0, 0.05) is 35.4 Å². The average Bonchev–Trinajstić information content (AvgIpc) is 3.06. The zero-order valence-electron chi connectivity index (χ0n) is 23.9. The molecule has 0 unspecified atom stereocenters. The maximum Gasteiger partial charge on any atom is 0.306 e. The highest BCUT2D eigenvalue weighted by atomic mass is 16.6. The highest BCUT2D eigenvalue weighted by molar-refractivity contribution is 5.99. The summed E-state index contributed by atoms with van der Waals surface area (Å²) in [6.45, 7) is -1.11. The topological polar surface area (TPSA) is 191 Å². The predicted molar refractivity (Wildman–Crippen MR) is 159 cm³/mol. The van der Waals surface area contributed by atoms with Gasteiger partial charge in [-0.15, -0.1) is 0 Å². The molecule has 0 aliphatic carbocycles. The Balaban J connectivity index is 1.13. The van der Waals surface area contributed by atoms with Gasteiger partial charge < -0.3 is 18.9 Å². The number of carbonyl (C=O) groups is 4. The van der Waals surface area contributed by atoms with E-state index in [-0.39, 0.29) is 35.3 Å². The number of nitrogens with zero attached hydrogens (tertiary/aromatic N) is 2. The Morgan fingerprint density at radius 2 is 0.761 bits per heavy atom. The standard InChI is InChI=1S/C32H24N2O12/c35-29(21-1-9-25(10-2-21)45-27-13-5-23(6-14-27)33(39)40)19-43-31(37)17-18-32(38)44-20-30(36)22-3-11-26(12-4-22)46-28-15-7-24(8-16-28)34(41)42/h1-16H,17-20H2. The Morgan fingerprint density at radius 1 is 0.478 bits per heavy atom. The number of Topliss-reactive ketones (excluding diaryl/α,β-unsaturated/α-hetero) is 2. The van der Waals surface area contributed by atoms with Crippen LogP contribution >= 0.6 is 0 Å². The molecule has 14 heteroatoms. The van der Waals surface area contributed by atoms with Gasteiger partial charge in [-0.2, -0.15) is 0 Å². The second kappa shape index (κ2) is 15.3. The lowest BCUT2D eigenvalue weighted by Crippen LogP contribution is -2.17. The second-order valence-corrected chi connectivity index (χ2v) is 9.42. The van der Waals surface area contributed by atoms with E-state index in [9.17, 15) is 39.4 Å². The van der Waals surface area contributed by atoms with E-state index in [2.05, 4.69) is 0 Å². The molecular formula is C32H24N2O12. The molecule has 0 spiro atoms. The molecule has 46 heavy (non-hydrogen) atoms. The molecule has 0 aliphatic rings. The van der Waals surface area contributed by atoms with Crippen LogP contribution in [0.5, 0.6) is 23.0 Å². The number of hydrogen-bond donors (Lipinski definition) is 0. The first-order valence-electron chi connectivity index (χ1n) is 13.5. The molecule has 0 saturated carbocycles. The Labute approximate surface area is 260 Å². The maximum atomic E-state index is 12.4.